The van der Waals surface area contributed by atoms with Gasteiger partial charge in [0.2, 0.25) is 0 Å². The molecule has 0 aliphatic rings. The van der Waals surface area contributed by atoms with Gasteiger partial charge >= 0.3 is 0 Å². The molecule has 0 spiro atoms. The Labute approximate surface area is 136 Å². The van der Waals surface area contributed by atoms with Crippen molar-refractivity contribution < 1.29 is 0 Å². The van der Waals surface area contributed by atoms with Crippen LogP contribution in [0.4, 0.5) is 5.69 Å². The normalized spacial score (nSPS) is 10.6. The molecule has 0 bridgehead atoms. The lowest BCUT2D eigenvalue weighted by Crippen LogP contribution is -2.00. The first kappa shape index (κ1) is 14.2. The van der Waals surface area contributed by atoms with Crippen LogP contribution in [0.1, 0.15) is 5.56 Å². The monoisotopic (exact) mass is 361 g/mol. The lowest BCUT2D eigenvalue weighted by atomic mass is 10.2. The molecule has 0 aliphatic heterocycles. The van der Waals surface area contributed by atoms with Crippen LogP contribution in [0.15, 0.2) is 65.7 Å². The summed E-state index contributed by atoms with van der Waals surface area (Å²) in [5.74, 6) is 0. The fourth-order valence-electron chi connectivity index (χ4n) is 2.04. The Bertz CT molecular complexity index is 741. The van der Waals surface area contributed by atoms with Crippen LogP contribution in [0.2, 0.25) is 5.02 Å². The van der Waals surface area contributed by atoms with Crippen molar-refractivity contribution in [1.29, 1.82) is 0 Å². The molecular formula is C16H13BrClN3. The van der Waals surface area contributed by atoms with Crippen molar-refractivity contribution in [1.82, 2.24) is 9.55 Å². The smallest absolute Gasteiger partial charge is 0.0991 e. The summed E-state index contributed by atoms with van der Waals surface area (Å²) in [5, 5.41) is 4.13. The van der Waals surface area contributed by atoms with E-state index in [0.717, 1.165) is 33.0 Å². The van der Waals surface area contributed by atoms with Crippen LogP contribution < -0.4 is 5.32 Å². The summed E-state index contributed by atoms with van der Waals surface area (Å²) in [7, 11) is 0. The molecule has 3 nitrogen and oxygen atoms in total. The van der Waals surface area contributed by atoms with Gasteiger partial charge in [-0.25, -0.2) is 4.98 Å². The van der Waals surface area contributed by atoms with E-state index in [4.69, 9.17) is 11.6 Å². The average Bonchev–Trinajstić information content (AvgIpc) is 3.03. The minimum Gasteiger partial charge on any atom is -0.381 e. The van der Waals surface area contributed by atoms with Crippen molar-refractivity contribution in [2.24, 2.45) is 0 Å². The van der Waals surface area contributed by atoms with Crippen molar-refractivity contribution in [3.05, 3.63) is 76.2 Å². The van der Waals surface area contributed by atoms with Gasteiger partial charge in [0.15, 0.2) is 0 Å². The van der Waals surface area contributed by atoms with Gasteiger partial charge in [0.1, 0.15) is 0 Å². The maximum Gasteiger partial charge on any atom is 0.0991 e. The SMILES string of the molecule is Clc1cc(CNc2cccc(-n3ccnc3)c2)ccc1Br. The third kappa shape index (κ3) is 3.46. The molecule has 0 atom stereocenters. The van der Waals surface area contributed by atoms with Gasteiger partial charge in [-0.15, -0.1) is 0 Å². The van der Waals surface area contributed by atoms with Crippen LogP contribution in [-0.2, 0) is 6.54 Å². The van der Waals surface area contributed by atoms with Crippen molar-refractivity contribution in [3.8, 4) is 5.69 Å². The standard InChI is InChI=1S/C16H13BrClN3/c17-15-5-4-12(8-16(15)18)10-20-13-2-1-3-14(9-13)21-7-6-19-11-21/h1-9,11,20H,10H2. The molecule has 0 aliphatic carbocycles. The van der Waals surface area contributed by atoms with Crippen LogP contribution in [-0.4, -0.2) is 9.55 Å². The Balaban J connectivity index is 1.73. The summed E-state index contributed by atoms with van der Waals surface area (Å²) in [6.07, 6.45) is 5.48. The molecule has 0 saturated carbocycles. The van der Waals surface area contributed by atoms with Crippen molar-refractivity contribution in [2.75, 3.05) is 5.32 Å². The Morgan fingerprint density at radius 2 is 2.10 bits per heavy atom. The number of nitrogens with one attached hydrogen (secondary N) is 1. The zero-order valence-electron chi connectivity index (χ0n) is 11.1. The minimum atomic E-state index is 0.723. The largest absolute Gasteiger partial charge is 0.381 e. The highest BCUT2D eigenvalue weighted by Gasteiger charge is 2.01. The van der Waals surface area contributed by atoms with Crippen molar-refractivity contribution in [2.45, 2.75) is 6.54 Å². The number of imidazole rings is 1. The molecule has 0 unspecified atom stereocenters. The maximum atomic E-state index is 6.10. The molecule has 21 heavy (non-hydrogen) atoms. The number of hydrogen-bond donors (Lipinski definition) is 1. The van der Waals surface area contributed by atoms with E-state index in [2.05, 4.69) is 32.3 Å². The second-order valence-electron chi connectivity index (χ2n) is 4.62. The third-order valence-corrected chi connectivity index (χ3v) is 4.36. The predicted molar refractivity (Wildman–Crippen MR) is 90.0 cm³/mol. The summed E-state index contributed by atoms with van der Waals surface area (Å²) < 4.78 is 2.89. The van der Waals surface area contributed by atoms with E-state index in [1.807, 2.05) is 47.2 Å². The molecule has 0 amide bonds. The molecule has 0 saturated heterocycles. The van der Waals surface area contributed by atoms with Gasteiger partial charge in [0.25, 0.3) is 0 Å². The summed E-state index contributed by atoms with van der Waals surface area (Å²) in [6, 6.07) is 14.2. The van der Waals surface area contributed by atoms with Gasteiger partial charge in [-0.05, 0) is 51.8 Å². The highest BCUT2D eigenvalue weighted by Crippen LogP contribution is 2.24. The van der Waals surface area contributed by atoms with Gasteiger partial charge in [-0.3, -0.25) is 0 Å². The Morgan fingerprint density at radius 1 is 1.19 bits per heavy atom. The zero-order valence-corrected chi connectivity index (χ0v) is 13.5. The predicted octanol–water partition coefficient (Wildman–Crippen LogP) is 4.90. The van der Waals surface area contributed by atoms with Crippen LogP contribution in [0.5, 0.6) is 0 Å². The number of rotatable bonds is 4. The quantitative estimate of drug-likeness (QED) is 0.715. The van der Waals surface area contributed by atoms with Gasteiger partial charge < -0.3 is 9.88 Å². The van der Waals surface area contributed by atoms with Crippen LogP contribution >= 0.6 is 27.5 Å². The molecule has 1 heterocycles. The summed E-state index contributed by atoms with van der Waals surface area (Å²) in [6.45, 7) is 0.723. The Morgan fingerprint density at radius 3 is 2.86 bits per heavy atom. The molecular weight excluding hydrogens is 350 g/mol. The topological polar surface area (TPSA) is 29.9 Å². The second-order valence-corrected chi connectivity index (χ2v) is 5.88. The molecule has 0 radical (unpaired) electrons. The van der Waals surface area contributed by atoms with Crippen LogP contribution in [0.3, 0.4) is 0 Å². The average molecular weight is 363 g/mol. The van der Waals surface area contributed by atoms with Crippen LogP contribution in [0, 0.1) is 0 Å². The van der Waals surface area contributed by atoms with E-state index in [9.17, 15) is 0 Å². The van der Waals surface area contributed by atoms with Gasteiger partial charge in [0.05, 0.1) is 11.3 Å². The van der Waals surface area contributed by atoms with E-state index >= 15 is 0 Å². The molecule has 3 rings (SSSR count). The van der Waals surface area contributed by atoms with Gasteiger partial charge in [0, 0.05) is 34.8 Å². The molecule has 0 fully saturated rings. The van der Waals surface area contributed by atoms with Crippen LogP contribution in [0.25, 0.3) is 5.69 Å². The summed E-state index contributed by atoms with van der Waals surface area (Å²) >= 11 is 9.50. The lowest BCUT2D eigenvalue weighted by molar-refractivity contribution is 1.05. The molecule has 106 valence electrons. The summed E-state index contributed by atoms with van der Waals surface area (Å²) in [5.41, 5.74) is 3.27. The number of halogens is 2. The van der Waals surface area contributed by atoms with E-state index in [-0.39, 0.29) is 0 Å². The first-order valence-electron chi connectivity index (χ1n) is 6.48. The van der Waals surface area contributed by atoms with Crippen molar-refractivity contribution in [3.63, 3.8) is 0 Å². The molecule has 1 aromatic heterocycles. The van der Waals surface area contributed by atoms with E-state index in [1.165, 1.54) is 0 Å². The fraction of sp³-hybridized carbons (Fsp3) is 0.0625. The van der Waals surface area contributed by atoms with Crippen molar-refractivity contribution >= 4 is 33.2 Å². The number of hydrogen-bond acceptors (Lipinski definition) is 2. The van der Waals surface area contributed by atoms with E-state index < -0.39 is 0 Å². The molecule has 2 aromatic carbocycles. The highest BCUT2D eigenvalue weighted by atomic mass is 79.9. The first-order chi connectivity index (χ1) is 10.2. The third-order valence-electron chi connectivity index (χ3n) is 3.13. The number of anilines is 1. The first-order valence-corrected chi connectivity index (χ1v) is 7.66. The second kappa shape index (κ2) is 6.33. The van der Waals surface area contributed by atoms with E-state index in [1.54, 1.807) is 12.5 Å². The lowest BCUT2D eigenvalue weighted by Gasteiger charge is -2.09. The van der Waals surface area contributed by atoms with Gasteiger partial charge in [-0.1, -0.05) is 23.7 Å². The maximum absolute atomic E-state index is 6.10. The summed E-state index contributed by atoms with van der Waals surface area (Å²) in [4.78, 5) is 4.06. The number of aromatic nitrogens is 2. The number of benzene rings is 2. The zero-order chi connectivity index (χ0) is 14.7. The molecule has 5 heteroatoms. The Kier molecular flexibility index (Phi) is 4.27. The highest BCUT2D eigenvalue weighted by molar-refractivity contribution is 9.10. The fourth-order valence-corrected chi connectivity index (χ4v) is 2.49. The van der Waals surface area contributed by atoms with E-state index in [0.29, 0.717) is 0 Å². The number of nitrogens with zero attached hydrogens (tertiary/aromatic N) is 2. The van der Waals surface area contributed by atoms with Gasteiger partial charge in [-0.2, -0.15) is 0 Å². The minimum absolute atomic E-state index is 0.723. The molecule has 1 N–H and O–H groups in total. The Hall–Kier alpha value is -1.78. The molecule has 3 aromatic rings.